The van der Waals surface area contributed by atoms with Gasteiger partial charge in [0, 0.05) is 33.3 Å². The van der Waals surface area contributed by atoms with Gasteiger partial charge in [0.05, 0.1) is 10.0 Å². The van der Waals surface area contributed by atoms with Gasteiger partial charge >= 0.3 is 5.69 Å². The Balaban J connectivity index is 1.73. The Labute approximate surface area is 184 Å². The number of nitrogens with one attached hydrogen (secondary N) is 2. The van der Waals surface area contributed by atoms with E-state index >= 15 is 0 Å². The zero-order valence-electron chi connectivity index (χ0n) is 16.9. The van der Waals surface area contributed by atoms with E-state index < -0.39 is 11.2 Å². The maximum atomic E-state index is 12.6. The second-order valence-electron chi connectivity index (χ2n) is 8.08. The van der Waals surface area contributed by atoms with Crippen molar-refractivity contribution < 1.29 is 5.11 Å². The molecular weight excluding hydrogens is 429 g/mol. The topological polar surface area (TPSA) is 93.6 Å². The second kappa shape index (κ2) is 8.26. The maximum Gasteiger partial charge on any atom is 0.329 e. The maximum absolute atomic E-state index is 12.6. The Morgan fingerprint density at radius 2 is 1.97 bits per heavy atom. The standard InChI is InChI=1S/C20H25Cl2N5O3/c1-25-16-17(29)24-20(30)26(2)18(16)27(9-11-4-6-14(21)15(22)8-11)19(25)23-13-5-3-12(7-13)10-28/h4,6,8,12-13,19,23,28H,3,5,7,9-10H2,1-2H3,(H,24,29,30)/t12-,13-,19?/m1/s1. The monoisotopic (exact) mass is 453 g/mol. The highest BCUT2D eigenvalue weighted by molar-refractivity contribution is 6.42. The van der Waals surface area contributed by atoms with Crippen LogP contribution in [0.1, 0.15) is 24.8 Å². The van der Waals surface area contributed by atoms with E-state index in [-0.39, 0.29) is 24.9 Å². The summed E-state index contributed by atoms with van der Waals surface area (Å²) in [5, 5.41) is 14.0. The normalized spacial score (nSPS) is 23.3. The average molecular weight is 454 g/mol. The lowest BCUT2D eigenvalue weighted by molar-refractivity contribution is 0.226. The van der Waals surface area contributed by atoms with E-state index in [4.69, 9.17) is 23.2 Å². The van der Waals surface area contributed by atoms with Crippen molar-refractivity contribution in [3.8, 4) is 0 Å². The molecule has 1 aromatic carbocycles. The molecule has 10 heteroatoms. The van der Waals surface area contributed by atoms with Crippen LogP contribution in [0.15, 0.2) is 27.8 Å². The summed E-state index contributed by atoms with van der Waals surface area (Å²) in [7, 11) is 3.48. The molecule has 1 unspecified atom stereocenters. The second-order valence-corrected chi connectivity index (χ2v) is 8.89. The van der Waals surface area contributed by atoms with Crippen LogP contribution in [0, 0.1) is 5.92 Å². The molecular formula is C20H25Cl2N5O3. The Kier molecular flexibility index (Phi) is 5.85. The van der Waals surface area contributed by atoms with E-state index in [1.807, 2.05) is 22.9 Å². The smallest absolute Gasteiger partial charge is 0.329 e. The molecule has 1 aliphatic carbocycles. The van der Waals surface area contributed by atoms with E-state index in [2.05, 4.69) is 10.3 Å². The van der Waals surface area contributed by atoms with Crippen LogP contribution in [-0.4, -0.2) is 40.6 Å². The number of hydrogen-bond donors (Lipinski definition) is 3. The number of nitrogens with zero attached hydrogens (tertiary/aromatic N) is 3. The first kappa shape index (κ1) is 21.2. The molecule has 162 valence electrons. The number of hydrogen-bond acceptors (Lipinski definition) is 6. The van der Waals surface area contributed by atoms with Crippen molar-refractivity contribution in [3.63, 3.8) is 0 Å². The minimum Gasteiger partial charge on any atom is -0.396 e. The van der Waals surface area contributed by atoms with Gasteiger partial charge in [-0.05, 0) is 42.9 Å². The van der Waals surface area contributed by atoms with Gasteiger partial charge in [-0.2, -0.15) is 0 Å². The molecule has 3 atom stereocenters. The van der Waals surface area contributed by atoms with E-state index in [0.717, 1.165) is 24.8 Å². The van der Waals surface area contributed by atoms with E-state index in [9.17, 15) is 14.7 Å². The quantitative estimate of drug-likeness (QED) is 0.639. The first-order chi connectivity index (χ1) is 14.3. The van der Waals surface area contributed by atoms with Crippen molar-refractivity contribution in [1.29, 1.82) is 0 Å². The third kappa shape index (κ3) is 3.73. The fourth-order valence-electron chi connectivity index (χ4n) is 4.49. The molecule has 1 saturated carbocycles. The number of fused-ring (bicyclic) bond motifs is 1. The van der Waals surface area contributed by atoms with Crippen molar-refractivity contribution in [2.24, 2.45) is 13.0 Å². The zero-order valence-corrected chi connectivity index (χ0v) is 18.4. The first-order valence-corrected chi connectivity index (χ1v) is 10.7. The number of rotatable bonds is 5. The van der Waals surface area contributed by atoms with Gasteiger partial charge in [0.15, 0.2) is 6.29 Å². The third-order valence-corrected chi connectivity index (χ3v) is 6.82. The summed E-state index contributed by atoms with van der Waals surface area (Å²) >= 11 is 12.3. The predicted molar refractivity (Wildman–Crippen MR) is 118 cm³/mol. The Morgan fingerprint density at radius 3 is 2.63 bits per heavy atom. The van der Waals surface area contributed by atoms with Gasteiger partial charge in [0.1, 0.15) is 11.5 Å². The lowest BCUT2D eigenvalue weighted by atomic mass is 10.1. The van der Waals surface area contributed by atoms with Crippen molar-refractivity contribution in [2.75, 3.05) is 23.5 Å². The number of H-pyrrole nitrogens is 1. The number of aromatic amines is 1. The van der Waals surface area contributed by atoms with Crippen LogP contribution in [0.25, 0.3) is 0 Å². The van der Waals surface area contributed by atoms with Gasteiger partial charge in [0.2, 0.25) is 0 Å². The summed E-state index contributed by atoms with van der Waals surface area (Å²) in [6, 6.07) is 5.62. The van der Waals surface area contributed by atoms with Crippen LogP contribution in [0.2, 0.25) is 10.0 Å². The largest absolute Gasteiger partial charge is 0.396 e. The molecule has 2 aromatic rings. The summed E-state index contributed by atoms with van der Waals surface area (Å²) in [6.07, 6.45) is 2.45. The van der Waals surface area contributed by atoms with Gasteiger partial charge in [-0.15, -0.1) is 0 Å². The SMILES string of the molecule is CN1c2c(n(C)c(=O)[nH]c2=O)N(Cc2ccc(Cl)c(Cl)c2)C1N[C@@H]1CC[C@@H](CO)C1. The zero-order chi connectivity index (χ0) is 21.6. The molecule has 2 aliphatic rings. The number of aliphatic hydroxyl groups excluding tert-OH is 1. The molecule has 0 saturated heterocycles. The molecule has 1 fully saturated rings. The number of halogens is 2. The van der Waals surface area contributed by atoms with Gasteiger partial charge < -0.3 is 14.9 Å². The van der Waals surface area contributed by atoms with Gasteiger partial charge in [0.25, 0.3) is 5.56 Å². The highest BCUT2D eigenvalue weighted by Crippen LogP contribution is 2.36. The molecule has 0 bridgehead atoms. The summed E-state index contributed by atoms with van der Waals surface area (Å²) in [6.45, 7) is 0.610. The molecule has 30 heavy (non-hydrogen) atoms. The van der Waals surface area contributed by atoms with E-state index in [1.54, 1.807) is 19.2 Å². The molecule has 8 nitrogen and oxygen atoms in total. The van der Waals surface area contributed by atoms with Crippen LogP contribution in [-0.2, 0) is 13.6 Å². The fraction of sp³-hybridized carbons (Fsp3) is 0.500. The lowest BCUT2D eigenvalue weighted by Gasteiger charge is -2.34. The molecule has 0 radical (unpaired) electrons. The van der Waals surface area contributed by atoms with Crippen molar-refractivity contribution in [1.82, 2.24) is 14.9 Å². The van der Waals surface area contributed by atoms with Crippen LogP contribution >= 0.6 is 23.2 Å². The minimum absolute atomic E-state index is 0.181. The van der Waals surface area contributed by atoms with Crippen LogP contribution < -0.4 is 26.4 Å². The highest BCUT2D eigenvalue weighted by atomic mass is 35.5. The lowest BCUT2D eigenvalue weighted by Crippen LogP contribution is -2.55. The Bertz CT molecular complexity index is 1070. The summed E-state index contributed by atoms with van der Waals surface area (Å²) < 4.78 is 1.46. The molecule has 1 aliphatic heterocycles. The third-order valence-electron chi connectivity index (χ3n) is 6.08. The van der Waals surface area contributed by atoms with Crippen LogP contribution in [0.5, 0.6) is 0 Å². The van der Waals surface area contributed by atoms with Crippen molar-refractivity contribution >= 4 is 34.7 Å². The molecule has 0 spiro atoms. The number of aromatic nitrogens is 2. The summed E-state index contributed by atoms with van der Waals surface area (Å²) in [5.41, 5.74) is 0.461. The molecule has 0 amide bonds. The van der Waals surface area contributed by atoms with Gasteiger partial charge in [-0.1, -0.05) is 29.3 Å². The molecule has 2 heterocycles. The Morgan fingerprint density at radius 1 is 1.20 bits per heavy atom. The molecule has 3 N–H and O–H groups in total. The predicted octanol–water partition coefficient (Wildman–Crippen LogP) is 1.87. The molecule has 1 aromatic heterocycles. The first-order valence-electron chi connectivity index (χ1n) is 9.93. The Hall–Kier alpha value is -2.00. The van der Waals surface area contributed by atoms with Crippen LogP contribution in [0.3, 0.4) is 0 Å². The number of benzene rings is 1. The van der Waals surface area contributed by atoms with Gasteiger partial charge in [-0.3, -0.25) is 19.7 Å². The van der Waals surface area contributed by atoms with E-state index in [1.165, 1.54) is 4.57 Å². The van der Waals surface area contributed by atoms with Crippen molar-refractivity contribution in [3.05, 3.63) is 54.6 Å². The minimum atomic E-state index is -0.465. The van der Waals surface area contributed by atoms with Crippen LogP contribution in [0.4, 0.5) is 11.5 Å². The number of anilines is 2. The molecule has 4 rings (SSSR count). The average Bonchev–Trinajstić information content (AvgIpc) is 3.27. The van der Waals surface area contributed by atoms with E-state index in [0.29, 0.717) is 28.1 Å². The van der Waals surface area contributed by atoms with Crippen molar-refractivity contribution in [2.45, 2.75) is 38.1 Å². The summed E-state index contributed by atoms with van der Waals surface area (Å²) in [5.74, 6) is 0.833. The highest BCUT2D eigenvalue weighted by Gasteiger charge is 2.40. The fourth-order valence-corrected chi connectivity index (χ4v) is 4.81. The number of aliphatic hydroxyl groups is 1. The van der Waals surface area contributed by atoms with Gasteiger partial charge in [-0.25, -0.2) is 4.79 Å². The summed E-state index contributed by atoms with van der Waals surface area (Å²) in [4.78, 5) is 31.2.